The summed E-state index contributed by atoms with van der Waals surface area (Å²) < 4.78 is 7.95. The number of aromatic nitrogens is 1. The highest BCUT2D eigenvalue weighted by Crippen LogP contribution is 2.43. The van der Waals surface area contributed by atoms with Gasteiger partial charge in [0.1, 0.15) is 0 Å². The van der Waals surface area contributed by atoms with Crippen LogP contribution in [0.2, 0.25) is 0 Å². The Morgan fingerprint density at radius 2 is 2.22 bits per heavy atom. The molecule has 0 amide bonds. The molecule has 1 fully saturated rings. The molecular weight excluding hydrogens is 226 g/mol. The summed E-state index contributed by atoms with van der Waals surface area (Å²) >= 11 is 0. The summed E-state index contributed by atoms with van der Waals surface area (Å²) in [5.74, 6) is 0. The third-order valence-electron chi connectivity index (χ3n) is 4.39. The number of fused-ring (bicyclic) bond motifs is 1. The van der Waals surface area contributed by atoms with Crippen LogP contribution in [-0.2, 0) is 11.2 Å². The Bertz CT molecular complexity index is 455. The van der Waals surface area contributed by atoms with E-state index in [1.165, 1.54) is 11.4 Å². The molecule has 3 heteroatoms. The number of rotatable bonds is 1. The van der Waals surface area contributed by atoms with E-state index in [1.807, 2.05) is 0 Å². The normalized spacial score (nSPS) is 30.4. The van der Waals surface area contributed by atoms with Crippen LogP contribution in [0.5, 0.6) is 0 Å². The molecule has 0 spiro atoms. The average molecular weight is 249 g/mol. The van der Waals surface area contributed by atoms with Crippen molar-refractivity contribution in [2.24, 2.45) is 5.41 Å². The van der Waals surface area contributed by atoms with Gasteiger partial charge in [-0.2, -0.15) is 0 Å². The largest absolute Gasteiger partial charge is 0.388 e. The third-order valence-corrected chi connectivity index (χ3v) is 4.39. The third kappa shape index (κ3) is 1.90. The summed E-state index contributed by atoms with van der Waals surface area (Å²) in [6, 6.07) is 2.64. The second-order valence-corrected chi connectivity index (χ2v) is 6.64. The first-order chi connectivity index (χ1) is 8.48. The summed E-state index contributed by atoms with van der Waals surface area (Å²) in [6.07, 6.45) is 2.72. The van der Waals surface area contributed by atoms with E-state index in [1.54, 1.807) is 0 Å². The van der Waals surface area contributed by atoms with Crippen LogP contribution < -0.4 is 0 Å². The van der Waals surface area contributed by atoms with Gasteiger partial charge in [-0.05, 0) is 37.7 Å². The fourth-order valence-electron chi connectivity index (χ4n) is 3.60. The lowest BCUT2D eigenvalue weighted by Gasteiger charge is -2.34. The zero-order valence-corrected chi connectivity index (χ0v) is 11.6. The first-order valence-corrected chi connectivity index (χ1v) is 6.94. The second kappa shape index (κ2) is 4.10. The molecule has 0 radical (unpaired) electrons. The lowest BCUT2D eigenvalue weighted by molar-refractivity contribution is 0.0971. The van der Waals surface area contributed by atoms with Crippen molar-refractivity contribution in [3.63, 3.8) is 0 Å². The number of aliphatic hydroxyl groups is 1. The Hall–Kier alpha value is -0.800. The van der Waals surface area contributed by atoms with E-state index in [2.05, 4.69) is 31.4 Å². The molecule has 0 aromatic carbocycles. The van der Waals surface area contributed by atoms with E-state index < -0.39 is 0 Å². The molecule has 1 saturated heterocycles. The number of aliphatic hydroxyl groups excluding tert-OH is 1. The predicted octanol–water partition coefficient (Wildman–Crippen LogP) is 2.76. The van der Waals surface area contributed by atoms with Crippen molar-refractivity contribution in [1.82, 2.24) is 4.57 Å². The van der Waals surface area contributed by atoms with Crippen LogP contribution in [-0.4, -0.2) is 22.9 Å². The van der Waals surface area contributed by atoms with Crippen molar-refractivity contribution in [3.8, 4) is 0 Å². The summed E-state index contributed by atoms with van der Waals surface area (Å²) in [6.45, 7) is 8.33. The molecule has 2 atom stereocenters. The van der Waals surface area contributed by atoms with Crippen LogP contribution >= 0.6 is 0 Å². The fraction of sp³-hybridized carbons (Fsp3) is 0.733. The SMILES string of the molecule is Cc1cc2c(n1C1CCOC1)CC(C)(C)CC2O. The van der Waals surface area contributed by atoms with Gasteiger partial charge in [0.05, 0.1) is 18.8 Å². The van der Waals surface area contributed by atoms with Crippen molar-refractivity contribution in [1.29, 1.82) is 0 Å². The van der Waals surface area contributed by atoms with E-state index in [9.17, 15) is 5.11 Å². The summed E-state index contributed by atoms with van der Waals surface area (Å²) in [7, 11) is 0. The molecule has 100 valence electrons. The molecule has 1 aromatic heterocycles. The average Bonchev–Trinajstić information content (AvgIpc) is 2.83. The minimum atomic E-state index is -0.300. The molecule has 1 aliphatic carbocycles. The predicted molar refractivity (Wildman–Crippen MR) is 70.7 cm³/mol. The molecule has 3 nitrogen and oxygen atoms in total. The van der Waals surface area contributed by atoms with E-state index in [0.29, 0.717) is 6.04 Å². The van der Waals surface area contributed by atoms with Gasteiger partial charge >= 0.3 is 0 Å². The molecule has 2 aliphatic rings. The molecule has 1 N–H and O–H groups in total. The fourth-order valence-corrected chi connectivity index (χ4v) is 3.60. The molecular formula is C15H23NO2. The Kier molecular flexibility index (Phi) is 2.79. The number of hydrogen-bond acceptors (Lipinski definition) is 2. The quantitative estimate of drug-likeness (QED) is 0.830. The Labute approximate surface area is 109 Å². The zero-order chi connectivity index (χ0) is 12.9. The molecule has 18 heavy (non-hydrogen) atoms. The van der Waals surface area contributed by atoms with Crippen molar-refractivity contribution < 1.29 is 9.84 Å². The second-order valence-electron chi connectivity index (χ2n) is 6.64. The van der Waals surface area contributed by atoms with Gasteiger partial charge < -0.3 is 14.4 Å². The molecule has 0 bridgehead atoms. The van der Waals surface area contributed by atoms with Crippen molar-refractivity contribution in [2.45, 2.75) is 52.2 Å². The molecule has 3 rings (SSSR count). The van der Waals surface area contributed by atoms with Crippen molar-refractivity contribution in [2.75, 3.05) is 13.2 Å². The van der Waals surface area contributed by atoms with Gasteiger partial charge in [-0.1, -0.05) is 13.8 Å². The van der Waals surface area contributed by atoms with Crippen LogP contribution in [0.15, 0.2) is 6.07 Å². The van der Waals surface area contributed by atoms with Crippen LogP contribution in [0.25, 0.3) is 0 Å². The maximum Gasteiger partial charge on any atom is 0.0812 e. The van der Waals surface area contributed by atoms with E-state index in [0.717, 1.165) is 38.0 Å². The zero-order valence-electron chi connectivity index (χ0n) is 11.6. The number of nitrogens with zero attached hydrogens (tertiary/aromatic N) is 1. The lowest BCUT2D eigenvalue weighted by Crippen LogP contribution is -2.28. The Morgan fingerprint density at radius 1 is 1.44 bits per heavy atom. The highest BCUT2D eigenvalue weighted by molar-refractivity contribution is 5.34. The standard InChI is InChI=1S/C15H23NO2/c1-10-6-12-13(7-15(2,3)8-14(12)17)16(10)11-4-5-18-9-11/h6,11,14,17H,4-5,7-9H2,1-3H3. The molecule has 1 aromatic rings. The van der Waals surface area contributed by atoms with Crippen molar-refractivity contribution >= 4 is 0 Å². The smallest absolute Gasteiger partial charge is 0.0812 e. The van der Waals surface area contributed by atoms with Gasteiger partial charge in [0.15, 0.2) is 0 Å². The molecule has 2 heterocycles. The minimum Gasteiger partial charge on any atom is -0.388 e. The highest BCUT2D eigenvalue weighted by atomic mass is 16.5. The van der Waals surface area contributed by atoms with E-state index in [4.69, 9.17) is 4.74 Å². The van der Waals surface area contributed by atoms with Gasteiger partial charge in [-0.25, -0.2) is 0 Å². The van der Waals surface area contributed by atoms with E-state index in [-0.39, 0.29) is 11.5 Å². The van der Waals surface area contributed by atoms with Gasteiger partial charge in [-0.3, -0.25) is 0 Å². The summed E-state index contributed by atoms with van der Waals surface area (Å²) in [5.41, 5.74) is 3.95. The van der Waals surface area contributed by atoms with Gasteiger partial charge in [0, 0.05) is 23.6 Å². The van der Waals surface area contributed by atoms with Crippen molar-refractivity contribution in [3.05, 3.63) is 23.0 Å². The highest BCUT2D eigenvalue weighted by Gasteiger charge is 2.35. The van der Waals surface area contributed by atoms with E-state index >= 15 is 0 Å². The maximum atomic E-state index is 10.3. The van der Waals surface area contributed by atoms with Gasteiger partial charge in [0.2, 0.25) is 0 Å². The first kappa shape index (κ1) is 12.2. The molecule has 0 saturated carbocycles. The monoisotopic (exact) mass is 249 g/mol. The Morgan fingerprint density at radius 3 is 2.89 bits per heavy atom. The molecule has 1 aliphatic heterocycles. The molecule has 2 unspecified atom stereocenters. The topological polar surface area (TPSA) is 34.4 Å². The van der Waals surface area contributed by atoms with Crippen LogP contribution in [0.4, 0.5) is 0 Å². The van der Waals surface area contributed by atoms with Crippen LogP contribution in [0, 0.1) is 12.3 Å². The first-order valence-electron chi connectivity index (χ1n) is 6.94. The van der Waals surface area contributed by atoms with Crippen LogP contribution in [0.3, 0.4) is 0 Å². The number of aryl methyl sites for hydroxylation is 1. The van der Waals surface area contributed by atoms with Crippen LogP contribution in [0.1, 0.15) is 55.8 Å². The minimum absolute atomic E-state index is 0.189. The van der Waals surface area contributed by atoms with Gasteiger partial charge in [-0.15, -0.1) is 0 Å². The summed E-state index contributed by atoms with van der Waals surface area (Å²) in [4.78, 5) is 0. The summed E-state index contributed by atoms with van der Waals surface area (Å²) in [5, 5.41) is 10.3. The van der Waals surface area contributed by atoms with Gasteiger partial charge in [0.25, 0.3) is 0 Å². The number of ether oxygens (including phenoxy) is 1. The Balaban J connectivity index is 2.05. The maximum absolute atomic E-state index is 10.3. The number of hydrogen-bond donors (Lipinski definition) is 1. The lowest BCUT2D eigenvalue weighted by atomic mass is 9.75.